The smallest absolute Gasteiger partial charge is 0.415 e. The molecule has 7 aromatic rings. The maximum absolute atomic E-state index is 13.6. The number of esters is 1. The molecule has 7 aromatic carbocycles. The molecule has 8 rings (SSSR count). The number of primary amides is 2. The number of amides is 2. The quantitative estimate of drug-likeness (QED) is 0.0539. The first-order valence-electron chi connectivity index (χ1n) is 34.5. The van der Waals surface area contributed by atoms with Crippen LogP contribution in [0.2, 0.25) is 0 Å². The number of nitrogens with zero attached hydrogens (tertiary/aromatic N) is 2. The van der Waals surface area contributed by atoms with E-state index < -0.39 is 66.3 Å². The number of ether oxygens (including phenoxy) is 1. The monoisotopic (exact) mass is 1500 g/mol. The van der Waals surface area contributed by atoms with Crippen molar-refractivity contribution in [1.29, 1.82) is 0 Å². The van der Waals surface area contributed by atoms with Crippen LogP contribution in [0.4, 0.5) is 42.1 Å². The molecule has 105 heavy (non-hydrogen) atoms. The van der Waals surface area contributed by atoms with Crippen molar-refractivity contribution in [3.05, 3.63) is 235 Å². The topological polar surface area (TPSA) is 188 Å². The summed E-state index contributed by atoms with van der Waals surface area (Å²) in [5.41, 5.74) is 19.2. The van der Waals surface area contributed by atoms with Crippen LogP contribution in [0.5, 0.6) is 0 Å². The first-order valence-corrected chi connectivity index (χ1v) is 38.1. The average molecular weight is 1510 g/mol. The largest absolute Gasteiger partial charge is 0.460 e. The van der Waals surface area contributed by atoms with Gasteiger partial charge in [0.15, 0.2) is 25.4 Å². The third-order valence-corrected chi connectivity index (χ3v) is 19.0. The highest BCUT2D eigenvalue weighted by Gasteiger charge is 2.31. The summed E-state index contributed by atoms with van der Waals surface area (Å²) in [5, 5.41) is 0. The van der Waals surface area contributed by atoms with E-state index >= 15 is 0 Å². The van der Waals surface area contributed by atoms with Gasteiger partial charge in [-0.1, -0.05) is 191 Å². The van der Waals surface area contributed by atoms with Crippen molar-refractivity contribution < 1.29 is 66.7 Å². The second-order valence-electron chi connectivity index (χ2n) is 28.3. The van der Waals surface area contributed by atoms with Crippen molar-refractivity contribution in [2.24, 2.45) is 11.5 Å². The van der Waals surface area contributed by atoms with Crippen LogP contribution < -0.4 is 16.4 Å². The van der Waals surface area contributed by atoms with Crippen molar-refractivity contribution >= 4 is 48.8 Å². The molecule has 1 heterocycles. The number of rotatable bonds is 16. The van der Waals surface area contributed by atoms with Crippen LogP contribution in [0, 0.1) is 36.8 Å². The fourth-order valence-electron chi connectivity index (χ4n) is 10.5. The molecule has 0 spiro atoms. The lowest BCUT2D eigenvalue weighted by Crippen LogP contribution is -2.24. The van der Waals surface area contributed by atoms with Gasteiger partial charge in [0.2, 0.25) is 11.8 Å². The van der Waals surface area contributed by atoms with Gasteiger partial charge in [0.25, 0.3) is 0 Å². The summed E-state index contributed by atoms with van der Waals surface area (Å²) in [6.45, 7) is 46.1. The van der Waals surface area contributed by atoms with Gasteiger partial charge in [-0.3, -0.25) is 14.4 Å². The lowest BCUT2D eigenvalue weighted by Gasteiger charge is -2.20. The van der Waals surface area contributed by atoms with Gasteiger partial charge in [0.1, 0.15) is 33.8 Å². The Hall–Kier alpha value is -8.35. The first-order chi connectivity index (χ1) is 47.6. The number of aryl methyl sites for hydroxylation is 2. The minimum absolute atomic E-state index is 0. The molecule has 0 aromatic heterocycles. The molecule has 4 N–H and O–H groups in total. The Morgan fingerprint density at radius 1 is 0.552 bits per heavy atom. The average Bonchev–Trinajstić information content (AvgIpc) is 1.62. The summed E-state index contributed by atoms with van der Waals surface area (Å²) in [6, 6.07) is 35.1. The van der Waals surface area contributed by atoms with E-state index in [0.29, 0.717) is 34.3 Å². The number of carbonyl (C=O) groups is 3. The maximum atomic E-state index is 13.6. The minimum Gasteiger partial charge on any atom is -0.460 e. The highest BCUT2D eigenvalue weighted by molar-refractivity contribution is 7.91. The molecule has 0 saturated carbocycles. The lowest BCUT2D eigenvalue weighted by molar-refractivity contribution is -0.154. The highest BCUT2D eigenvalue weighted by Crippen LogP contribution is 2.36. The molecule has 1 saturated heterocycles. The van der Waals surface area contributed by atoms with Crippen molar-refractivity contribution in [1.82, 2.24) is 0 Å². The van der Waals surface area contributed by atoms with Crippen LogP contribution in [-0.4, -0.2) is 65.3 Å². The molecule has 12 nitrogen and oxygen atoms in total. The lowest BCUT2D eigenvalue weighted by atomic mass is 9.93. The normalized spacial score (nSPS) is 11.9. The SMILES string of the molecule is C.C.CC(C)c1cc(F)cc(C(N)=O)c1.CC(C)c1cc(F)cc(N2CCCC2)c1.CC(C)c1ccc(F)cc1C(N)=O.CC(C)c1cccc(S(C)(=O)=O)c1F.CCS(=O)(=O)c1ccccc1C(C)C.Cc1ccc(CCC(=O)OC(C)(C)C)c(C(C)C)c1.[C-]#[N+]c1cc(C(F)(F)F)ccc1C(C)C. The van der Waals surface area contributed by atoms with Gasteiger partial charge < -0.3 is 21.1 Å². The van der Waals surface area contributed by atoms with Crippen molar-refractivity contribution in [2.75, 3.05) is 30.0 Å². The van der Waals surface area contributed by atoms with Crippen LogP contribution in [0.1, 0.15) is 277 Å². The number of halogens is 7. The molecule has 21 heteroatoms. The van der Waals surface area contributed by atoms with E-state index in [1.165, 1.54) is 59.9 Å². The molecule has 1 aliphatic rings. The third-order valence-electron chi connectivity index (χ3n) is 16.1. The highest BCUT2D eigenvalue weighted by atomic mass is 32.2. The fourth-order valence-corrected chi connectivity index (χ4v) is 12.5. The van der Waals surface area contributed by atoms with Gasteiger partial charge >= 0.3 is 12.1 Å². The van der Waals surface area contributed by atoms with E-state index in [9.17, 15) is 62.0 Å². The van der Waals surface area contributed by atoms with Crippen LogP contribution in [0.25, 0.3) is 4.85 Å². The van der Waals surface area contributed by atoms with Crippen molar-refractivity contribution in [3.63, 3.8) is 0 Å². The summed E-state index contributed by atoms with van der Waals surface area (Å²) in [4.78, 5) is 39.1. The van der Waals surface area contributed by atoms with Gasteiger partial charge in [-0.15, -0.1) is 0 Å². The van der Waals surface area contributed by atoms with Gasteiger partial charge in [-0.25, -0.2) is 39.2 Å². The Labute approximate surface area is 623 Å². The molecule has 0 aliphatic carbocycles. The number of carbonyl (C=O) groups excluding carboxylic acids is 3. The summed E-state index contributed by atoms with van der Waals surface area (Å²) in [5.74, 6) is -1.21. The summed E-state index contributed by atoms with van der Waals surface area (Å²) >= 11 is 0. The Kier molecular flexibility index (Phi) is 40.4. The molecule has 0 bridgehead atoms. The minimum atomic E-state index is -4.38. The number of sulfone groups is 2. The maximum Gasteiger partial charge on any atom is 0.415 e. The Morgan fingerprint density at radius 2 is 1.05 bits per heavy atom. The van der Waals surface area contributed by atoms with Crippen LogP contribution in [-0.2, 0) is 41.8 Å². The van der Waals surface area contributed by atoms with Gasteiger partial charge in [-0.2, -0.15) is 13.2 Å². The van der Waals surface area contributed by atoms with E-state index in [0.717, 1.165) is 71.9 Å². The number of anilines is 1. The molecule has 1 fully saturated rings. The Bertz CT molecular complexity index is 4210. The molecule has 0 atom stereocenters. The van der Waals surface area contributed by atoms with E-state index in [1.54, 1.807) is 55.5 Å². The van der Waals surface area contributed by atoms with E-state index in [2.05, 4.69) is 68.6 Å². The van der Waals surface area contributed by atoms with Gasteiger partial charge in [-0.05, 0) is 200 Å². The molecule has 0 radical (unpaired) electrons. The molecule has 580 valence electrons. The van der Waals surface area contributed by atoms with Crippen molar-refractivity contribution in [2.45, 2.75) is 235 Å². The predicted octanol–water partition coefficient (Wildman–Crippen LogP) is 22.6. The second kappa shape index (κ2) is 43.9. The number of benzene rings is 7. The number of alkyl halides is 3. The molecule has 2 amide bonds. The second-order valence-corrected chi connectivity index (χ2v) is 32.5. The number of hydrogen-bond acceptors (Lipinski definition) is 9. The van der Waals surface area contributed by atoms with Gasteiger partial charge in [0, 0.05) is 48.1 Å². The zero-order valence-electron chi connectivity index (χ0n) is 63.5. The molecular formula is C84H115F7N4O8S2. The Morgan fingerprint density at radius 3 is 1.51 bits per heavy atom. The van der Waals surface area contributed by atoms with Crippen LogP contribution >= 0.6 is 0 Å². The van der Waals surface area contributed by atoms with Crippen LogP contribution in [0.15, 0.2) is 143 Å². The fraction of sp³-hybridized carbons (Fsp3) is 0.452. The van der Waals surface area contributed by atoms with Gasteiger partial charge in [0.05, 0.1) is 17.2 Å². The van der Waals surface area contributed by atoms with E-state index in [4.69, 9.17) is 22.8 Å². The molecule has 1 aliphatic heterocycles. The van der Waals surface area contributed by atoms with Crippen LogP contribution in [0.3, 0.4) is 0 Å². The summed E-state index contributed by atoms with van der Waals surface area (Å²) < 4.78 is 141. The predicted molar refractivity (Wildman–Crippen MR) is 416 cm³/mol. The number of nitrogens with two attached hydrogens (primary N) is 2. The summed E-state index contributed by atoms with van der Waals surface area (Å²) in [6.07, 6.45) is 0.286. The molecule has 0 unspecified atom stereocenters. The first kappa shape index (κ1) is 96.6. The number of hydrogen-bond donors (Lipinski definition) is 2. The van der Waals surface area contributed by atoms with E-state index in [-0.39, 0.29) is 83.7 Å². The van der Waals surface area contributed by atoms with E-state index in [1.807, 2.05) is 102 Å². The summed E-state index contributed by atoms with van der Waals surface area (Å²) in [7, 11) is -6.54. The zero-order chi connectivity index (χ0) is 78.8. The molecular weight excluding hydrogens is 1390 g/mol. The van der Waals surface area contributed by atoms with Crippen molar-refractivity contribution in [3.8, 4) is 0 Å². The zero-order valence-corrected chi connectivity index (χ0v) is 65.1. The standard InChI is InChI=1S/C17H26O2.C13H18FN.C11H10F3N.C11H16O2S.2C10H12FNO.C10H13FO2S.2CH4/c1-12(2)15-11-13(3)7-8-14(15)9-10-16(18)19-17(4,5)6;1-10(2)11-7-12(14)9-13(8-11)15-5-3-4-6-15;1-7(2)9-5-4-8(11(12,13)14)6-10(9)15-3;1-4-14(12,13)11-8-6-5-7-10(11)9(2)3;1-6(2)7-3-8(10(12)13)5-9(11)4-7;1-6(2)8-4-3-7(11)5-9(8)10(12)13;1-7(2)8-5-4-6-9(10(8)11)14(3,12)13;;/h7-8,11-12H,9-10H2,1-6H3;7-10H,3-6H2,1-2H3;4-7H,1-2H3;5-9H,4H2,1-3H3;2*3-6H,1-2H3,(H2,12,13);4-7H,1-3H3;2*1H4. The Balaban J connectivity index is 0.00000120. The third kappa shape index (κ3) is 32.9.